The van der Waals surface area contributed by atoms with Crippen molar-refractivity contribution in [1.29, 1.82) is 0 Å². The maximum Gasteiger partial charge on any atom is 0.242 e. The molecule has 1 fully saturated rings. The summed E-state index contributed by atoms with van der Waals surface area (Å²) in [5, 5.41) is 13.5. The zero-order valence-electron chi connectivity index (χ0n) is 12.5. The highest BCUT2D eigenvalue weighted by Crippen LogP contribution is 2.31. The predicted octanol–water partition coefficient (Wildman–Crippen LogP) is 0.513. The van der Waals surface area contributed by atoms with Gasteiger partial charge in [0.15, 0.2) is 11.6 Å². The van der Waals surface area contributed by atoms with E-state index >= 15 is 0 Å². The van der Waals surface area contributed by atoms with Gasteiger partial charge in [0.25, 0.3) is 0 Å². The van der Waals surface area contributed by atoms with Crippen LogP contribution in [0.3, 0.4) is 0 Å². The maximum atomic E-state index is 13.5. The highest BCUT2D eigenvalue weighted by Gasteiger charge is 2.34. The number of likely N-dealkylation sites (N-methyl/N-ethyl adjacent to an activating group) is 1. The van der Waals surface area contributed by atoms with Gasteiger partial charge in [0.2, 0.25) is 5.91 Å². The minimum absolute atomic E-state index is 0.0116. The van der Waals surface area contributed by atoms with Crippen molar-refractivity contribution in [2.45, 2.75) is 25.0 Å². The third-order valence-corrected chi connectivity index (χ3v) is 3.98. The molecule has 9 heteroatoms. The van der Waals surface area contributed by atoms with Crippen LogP contribution in [-0.4, -0.2) is 50.6 Å². The third-order valence-electron chi connectivity index (χ3n) is 3.98. The summed E-state index contributed by atoms with van der Waals surface area (Å²) in [4.78, 5) is 14.1. The second kappa shape index (κ2) is 6.37. The van der Waals surface area contributed by atoms with Gasteiger partial charge in [0, 0.05) is 12.6 Å². The summed E-state index contributed by atoms with van der Waals surface area (Å²) in [6.07, 6.45) is 2.08. The van der Waals surface area contributed by atoms with E-state index in [-0.39, 0.29) is 24.5 Å². The highest BCUT2D eigenvalue weighted by atomic mass is 19.2. The lowest BCUT2D eigenvalue weighted by atomic mass is 10.00. The average molecular weight is 322 g/mol. The Morgan fingerprint density at radius 2 is 2.22 bits per heavy atom. The molecule has 2 atom stereocenters. The van der Waals surface area contributed by atoms with Crippen molar-refractivity contribution < 1.29 is 13.6 Å². The van der Waals surface area contributed by atoms with Crippen molar-refractivity contribution in [3.05, 3.63) is 41.7 Å². The molecule has 0 radical (unpaired) electrons. The van der Waals surface area contributed by atoms with Gasteiger partial charge in [-0.1, -0.05) is 6.07 Å². The molecular weight excluding hydrogens is 306 g/mol. The number of hydrogen-bond donors (Lipinski definition) is 1. The molecule has 23 heavy (non-hydrogen) atoms. The summed E-state index contributed by atoms with van der Waals surface area (Å²) in [7, 11) is 1.89. The SMILES string of the molecule is CN1CC[C@@H](NC(=O)Cn2cnnn2)[C@@H]1c1ccc(F)c(F)c1. The van der Waals surface area contributed by atoms with E-state index in [4.69, 9.17) is 0 Å². The number of aromatic nitrogens is 4. The largest absolute Gasteiger partial charge is 0.350 e. The fourth-order valence-corrected chi connectivity index (χ4v) is 2.93. The number of rotatable bonds is 4. The number of nitrogens with one attached hydrogen (secondary N) is 1. The lowest BCUT2D eigenvalue weighted by molar-refractivity contribution is -0.122. The molecule has 122 valence electrons. The van der Waals surface area contributed by atoms with E-state index in [9.17, 15) is 13.6 Å². The second-order valence-corrected chi connectivity index (χ2v) is 5.57. The van der Waals surface area contributed by atoms with E-state index in [1.807, 2.05) is 11.9 Å². The molecular formula is C14H16F2N6O. The van der Waals surface area contributed by atoms with Crippen LogP contribution in [0.2, 0.25) is 0 Å². The Morgan fingerprint density at radius 1 is 1.39 bits per heavy atom. The summed E-state index contributed by atoms with van der Waals surface area (Å²) >= 11 is 0. The number of nitrogens with zero attached hydrogens (tertiary/aromatic N) is 5. The summed E-state index contributed by atoms with van der Waals surface area (Å²) in [6, 6.07) is 3.45. The Labute approximate surface area is 131 Å². The molecule has 2 aromatic rings. The van der Waals surface area contributed by atoms with Crippen LogP contribution in [0.4, 0.5) is 8.78 Å². The summed E-state index contributed by atoms with van der Waals surface area (Å²) in [5.74, 6) is -2.00. The van der Waals surface area contributed by atoms with Crippen molar-refractivity contribution in [2.24, 2.45) is 0 Å². The molecule has 1 aromatic heterocycles. The van der Waals surface area contributed by atoms with Gasteiger partial charge in [-0.15, -0.1) is 5.10 Å². The molecule has 0 spiro atoms. The van der Waals surface area contributed by atoms with Crippen LogP contribution in [0.1, 0.15) is 18.0 Å². The van der Waals surface area contributed by atoms with Gasteiger partial charge in [0.05, 0.1) is 6.04 Å². The number of carbonyl (C=O) groups excluding carboxylic acids is 1. The number of tetrazole rings is 1. The van der Waals surface area contributed by atoms with Crippen LogP contribution in [0.5, 0.6) is 0 Å². The van der Waals surface area contributed by atoms with Crippen LogP contribution < -0.4 is 5.32 Å². The molecule has 0 bridgehead atoms. The van der Waals surface area contributed by atoms with Gasteiger partial charge < -0.3 is 5.32 Å². The van der Waals surface area contributed by atoms with Gasteiger partial charge in [-0.3, -0.25) is 9.69 Å². The number of amides is 1. The number of likely N-dealkylation sites (tertiary alicyclic amines) is 1. The summed E-state index contributed by atoms with van der Waals surface area (Å²) in [6.45, 7) is 0.761. The first-order valence-corrected chi connectivity index (χ1v) is 7.20. The first-order chi connectivity index (χ1) is 11.0. The maximum absolute atomic E-state index is 13.5. The second-order valence-electron chi connectivity index (χ2n) is 5.57. The molecule has 0 saturated carbocycles. The first-order valence-electron chi connectivity index (χ1n) is 7.20. The molecule has 1 aliphatic rings. The van der Waals surface area contributed by atoms with Crippen LogP contribution in [-0.2, 0) is 11.3 Å². The van der Waals surface area contributed by atoms with Gasteiger partial charge >= 0.3 is 0 Å². The Kier molecular flexibility index (Phi) is 4.28. The van der Waals surface area contributed by atoms with Gasteiger partial charge in [-0.25, -0.2) is 13.5 Å². The van der Waals surface area contributed by atoms with E-state index in [0.717, 1.165) is 19.0 Å². The van der Waals surface area contributed by atoms with E-state index in [0.29, 0.717) is 5.56 Å². The van der Waals surface area contributed by atoms with E-state index < -0.39 is 11.6 Å². The lowest BCUT2D eigenvalue weighted by Crippen LogP contribution is -2.40. The minimum Gasteiger partial charge on any atom is -0.350 e. The lowest BCUT2D eigenvalue weighted by Gasteiger charge is -2.26. The Hall–Kier alpha value is -2.42. The highest BCUT2D eigenvalue weighted by molar-refractivity contribution is 5.76. The van der Waals surface area contributed by atoms with Crippen molar-refractivity contribution in [3.63, 3.8) is 0 Å². The number of hydrogen-bond acceptors (Lipinski definition) is 5. The average Bonchev–Trinajstić information content (AvgIpc) is 3.12. The van der Waals surface area contributed by atoms with Gasteiger partial charge in [-0.2, -0.15) is 0 Å². The van der Waals surface area contributed by atoms with Gasteiger partial charge in [0.1, 0.15) is 12.9 Å². The molecule has 0 unspecified atom stereocenters. The summed E-state index contributed by atoms with van der Waals surface area (Å²) in [5.41, 5.74) is 0.636. The molecule has 7 nitrogen and oxygen atoms in total. The van der Waals surface area contributed by atoms with Crippen LogP contribution in [0.15, 0.2) is 24.5 Å². The predicted molar refractivity (Wildman–Crippen MR) is 76.1 cm³/mol. The molecule has 3 rings (SSSR count). The van der Waals surface area contributed by atoms with E-state index in [2.05, 4.69) is 20.8 Å². The molecule has 1 saturated heterocycles. The summed E-state index contributed by atoms with van der Waals surface area (Å²) < 4.78 is 27.9. The third kappa shape index (κ3) is 3.34. The number of halogens is 2. The van der Waals surface area contributed by atoms with Crippen LogP contribution in [0, 0.1) is 11.6 Å². The molecule has 2 heterocycles. The molecule has 1 aliphatic heterocycles. The van der Waals surface area contributed by atoms with Crippen molar-refractivity contribution in [2.75, 3.05) is 13.6 Å². The molecule has 1 amide bonds. The topological polar surface area (TPSA) is 75.9 Å². The first kappa shape index (κ1) is 15.5. The molecule has 0 aliphatic carbocycles. The monoisotopic (exact) mass is 322 g/mol. The molecule has 1 N–H and O–H groups in total. The fraction of sp³-hybridized carbons (Fsp3) is 0.429. The molecule has 1 aromatic carbocycles. The number of benzene rings is 1. The number of carbonyl (C=O) groups is 1. The quantitative estimate of drug-likeness (QED) is 0.888. The zero-order chi connectivity index (χ0) is 16.4. The van der Waals surface area contributed by atoms with Crippen LogP contribution >= 0.6 is 0 Å². The van der Waals surface area contributed by atoms with Crippen molar-refractivity contribution in [3.8, 4) is 0 Å². The van der Waals surface area contributed by atoms with Gasteiger partial charge in [-0.05, 0) is 41.6 Å². The minimum atomic E-state index is -0.887. The van der Waals surface area contributed by atoms with Crippen molar-refractivity contribution in [1.82, 2.24) is 30.4 Å². The zero-order valence-corrected chi connectivity index (χ0v) is 12.5. The van der Waals surface area contributed by atoms with Crippen LogP contribution in [0.25, 0.3) is 0 Å². The Balaban J connectivity index is 1.73. The standard InChI is InChI=1S/C14H16F2N6O/c1-21-5-4-12(18-13(23)7-22-8-17-19-20-22)14(21)9-2-3-10(15)11(16)6-9/h2-3,6,8,12,14H,4-5,7H2,1H3,(H,18,23)/t12-,14+/m1/s1. The van der Waals surface area contributed by atoms with E-state index in [1.165, 1.54) is 17.1 Å². The van der Waals surface area contributed by atoms with E-state index in [1.54, 1.807) is 6.07 Å². The smallest absolute Gasteiger partial charge is 0.242 e. The normalized spacial score (nSPS) is 21.5. The fourth-order valence-electron chi connectivity index (χ4n) is 2.93. The Bertz CT molecular complexity index is 693. The van der Waals surface area contributed by atoms with Crippen molar-refractivity contribution >= 4 is 5.91 Å². The Morgan fingerprint density at radius 3 is 2.91 bits per heavy atom.